The Labute approximate surface area is 107 Å². The van der Waals surface area contributed by atoms with Crippen molar-refractivity contribution >= 4 is 17.3 Å². The number of carbonyl (C=O) groups is 2. The summed E-state index contributed by atoms with van der Waals surface area (Å²) in [7, 11) is 0. The number of hydrogen-bond acceptors (Lipinski definition) is 3. The average Bonchev–Trinajstić information content (AvgIpc) is 2.44. The van der Waals surface area contributed by atoms with Crippen molar-refractivity contribution in [3.63, 3.8) is 0 Å². The molecule has 0 atom stereocenters. The fourth-order valence-corrected chi connectivity index (χ4v) is 2.18. The summed E-state index contributed by atoms with van der Waals surface area (Å²) in [6.45, 7) is 0. The van der Waals surface area contributed by atoms with Crippen LogP contribution in [0.2, 0.25) is 0 Å². The molecule has 0 bridgehead atoms. The van der Waals surface area contributed by atoms with Crippen LogP contribution in [0, 0.1) is 11.2 Å². The van der Waals surface area contributed by atoms with Gasteiger partial charge in [0.25, 0.3) is 0 Å². The molecular formula is C14H6FN2O2+. The third kappa shape index (κ3) is 1.47. The lowest BCUT2D eigenvalue weighted by Crippen LogP contribution is -2.20. The number of diazo groups is 1. The van der Waals surface area contributed by atoms with Crippen molar-refractivity contribution in [2.75, 3.05) is 0 Å². The summed E-state index contributed by atoms with van der Waals surface area (Å²) in [4.78, 5) is 27.2. The molecule has 0 heterocycles. The zero-order valence-electron chi connectivity index (χ0n) is 9.55. The summed E-state index contributed by atoms with van der Waals surface area (Å²) in [5.74, 6) is -1.63. The van der Waals surface area contributed by atoms with Crippen molar-refractivity contribution in [3.05, 3.63) is 69.4 Å². The molecule has 0 amide bonds. The van der Waals surface area contributed by atoms with Crippen LogP contribution in [0.4, 0.5) is 10.1 Å². The molecule has 0 N–H and O–H groups in total. The second-order valence-corrected chi connectivity index (χ2v) is 4.15. The maximum atomic E-state index is 13.5. The third-order valence-corrected chi connectivity index (χ3v) is 3.10. The Morgan fingerprint density at radius 2 is 1.42 bits per heavy atom. The van der Waals surface area contributed by atoms with Crippen LogP contribution < -0.4 is 0 Å². The molecule has 0 fully saturated rings. The molecule has 2 aromatic carbocycles. The largest absolute Gasteiger partial charge is 0.420 e. The molecule has 3 rings (SSSR count). The smallest absolute Gasteiger partial charge is 0.289 e. The molecule has 0 saturated heterocycles. The van der Waals surface area contributed by atoms with Gasteiger partial charge >= 0.3 is 5.69 Å². The van der Waals surface area contributed by atoms with E-state index in [1.165, 1.54) is 12.1 Å². The lowest BCUT2D eigenvalue weighted by molar-refractivity contribution is 0.0979. The normalized spacial score (nSPS) is 12.6. The summed E-state index contributed by atoms with van der Waals surface area (Å²) >= 11 is 0. The highest BCUT2D eigenvalue weighted by molar-refractivity contribution is 6.28. The van der Waals surface area contributed by atoms with Gasteiger partial charge in [-0.05, 0) is 6.07 Å². The Kier molecular flexibility index (Phi) is 2.26. The van der Waals surface area contributed by atoms with Gasteiger partial charge in [-0.1, -0.05) is 24.3 Å². The van der Waals surface area contributed by atoms with Gasteiger partial charge in [-0.3, -0.25) is 9.59 Å². The number of benzene rings is 2. The minimum atomic E-state index is -0.846. The molecule has 1 aliphatic rings. The number of carbonyl (C=O) groups excluding carboxylic acids is 2. The quantitative estimate of drug-likeness (QED) is 0.578. The highest BCUT2D eigenvalue weighted by Crippen LogP contribution is 2.31. The molecule has 2 aromatic rings. The number of rotatable bonds is 0. The Morgan fingerprint density at radius 1 is 0.895 bits per heavy atom. The highest BCUT2D eigenvalue weighted by Gasteiger charge is 2.33. The first-order chi connectivity index (χ1) is 9.13. The van der Waals surface area contributed by atoms with Gasteiger partial charge in [0.15, 0.2) is 16.5 Å². The Balaban J connectivity index is 2.34. The molecule has 0 aromatic heterocycles. The van der Waals surface area contributed by atoms with Crippen LogP contribution in [-0.4, -0.2) is 11.6 Å². The molecule has 5 heteroatoms. The number of ketones is 2. The first kappa shape index (κ1) is 11.2. The number of fused-ring (bicyclic) bond motifs is 2. The third-order valence-electron chi connectivity index (χ3n) is 3.10. The van der Waals surface area contributed by atoms with Gasteiger partial charge < -0.3 is 0 Å². The predicted molar refractivity (Wildman–Crippen MR) is 64.5 cm³/mol. The van der Waals surface area contributed by atoms with Crippen LogP contribution in [0.3, 0.4) is 0 Å². The molecule has 0 spiro atoms. The van der Waals surface area contributed by atoms with E-state index in [-0.39, 0.29) is 33.7 Å². The van der Waals surface area contributed by atoms with Crippen LogP contribution >= 0.6 is 0 Å². The fourth-order valence-electron chi connectivity index (χ4n) is 2.18. The molecule has 0 aliphatic heterocycles. The van der Waals surface area contributed by atoms with E-state index < -0.39 is 11.6 Å². The van der Waals surface area contributed by atoms with Crippen LogP contribution in [0.5, 0.6) is 0 Å². The number of halogens is 1. The van der Waals surface area contributed by atoms with E-state index in [9.17, 15) is 14.0 Å². The average molecular weight is 253 g/mol. The lowest BCUT2D eigenvalue weighted by Gasteiger charge is -2.16. The van der Waals surface area contributed by atoms with Gasteiger partial charge in [-0.15, -0.1) is 0 Å². The SMILES string of the molecule is N#[N+]c1cc2c(cc1F)C(=O)c1ccccc1C2=O. The topological polar surface area (TPSA) is 62.3 Å². The minimum absolute atomic E-state index is 0.00593. The fraction of sp³-hybridized carbons (Fsp3) is 0. The van der Waals surface area contributed by atoms with Crippen molar-refractivity contribution in [1.82, 2.24) is 0 Å². The predicted octanol–water partition coefficient (Wildman–Crippen LogP) is 3.09. The van der Waals surface area contributed by atoms with Crippen molar-refractivity contribution in [2.45, 2.75) is 0 Å². The molecule has 1 aliphatic carbocycles. The molecule has 0 radical (unpaired) electrons. The Hall–Kier alpha value is -2.87. The van der Waals surface area contributed by atoms with Gasteiger partial charge in [0, 0.05) is 28.3 Å². The van der Waals surface area contributed by atoms with Gasteiger partial charge in [0.1, 0.15) is 0 Å². The second-order valence-electron chi connectivity index (χ2n) is 4.15. The van der Waals surface area contributed by atoms with Crippen molar-refractivity contribution in [3.8, 4) is 0 Å². The molecule has 19 heavy (non-hydrogen) atoms. The monoisotopic (exact) mass is 253 g/mol. The van der Waals surface area contributed by atoms with Crippen LogP contribution in [0.25, 0.3) is 4.98 Å². The summed E-state index contributed by atoms with van der Waals surface area (Å²) in [6, 6.07) is 8.37. The van der Waals surface area contributed by atoms with E-state index in [2.05, 4.69) is 4.98 Å². The van der Waals surface area contributed by atoms with E-state index in [0.29, 0.717) is 0 Å². The van der Waals surface area contributed by atoms with Gasteiger partial charge in [-0.2, -0.15) is 4.39 Å². The zero-order valence-corrected chi connectivity index (χ0v) is 9.55. The van der Waals surface area contributed by atoms with Crippen molar-refractivity contribution in [1.29, 1.82) is 5.39 Å². The summed E-state index contributed by atoms with van der Waals surface area (Å²) in [5, 5.41) is 8.66. The van der Waals surface area contributed by atoms with Gasteiger partial charge in [0.2, 0.25) is 11.2 Å². The molecule has 90 valence electrons. The van der Waals surface area contributed by atoms with Crippen LogP contribution in [-0.2, 0) is 0 Å². The highest BCUT2D eigenvalue weighted by atomic mass is 19.1. The van der Waals surface area contributed by atoms with E-state index in [1.807, 2.05) is 0 Å². The summed E-state index contributed by atoms with van der Waals surface area (Å²) in [5.41, 5.74) is 0.217. The van der Waals surface area contributed by atoms with Gasteiger partial charge in [-0.25, -0.2) is 0 Å². The second kappa shape index (κ2) is 3.82. The Bertz CT molecular complexity index is 791. The first-order valence-corrected chi connectivity index (χ1v) is 5.50. The van der Waals surface area contributed by atoms with E-state index in [4.69, 9.17) is 5.39 Å². The molecule has 0 saturated carbocycles. The van der Waals surface area contributed by atoms with E-state index in [1.54, 1.807) is 12.1 Å². The summed E-state index contributed by atoms with van der Waals surface area (Å²) in [6.07, 6.45) is 0. The maximum absolute atomic E-state index is 13.5. The van der Waals surface area contributed by atoms with Crippen molar-refractivity contribution < 1.29 is 14.0 Å². The molecule has 4 nitrogen and oxygen atoms in total. The number of hydrogen-bond donors (Lipinski definition) is 0. The van der Waals surface area contributed by atoms with Crippen LogP contribution in [0.1, 0.15) is 31.8 Å². The van der Waals surface area contributed by atoms with Crippen LogP contribution in [0.15, 0.2) is 36.4 Å². The first-order valence-electron chi connectivity index (χ1n) is 5.50. The van der Waals surface area contributed by atoms with E-state index in [0.717, 1.165) is 12.1 Å². The van der Waals surface area contributed by atoms with E-state index >= 15 is 0 Å². The number of nitrogens with zero attached hydrogens (tertiary/aromatic N) is 2. The molecule has 0 unspecified atom stereocenters. The van der Waals surface area contributed by atoms with Gasteiger partial charge in [0.05, 0.1) is 0 Å². The Morgan fingerprint density at radius 3 is 1.95 bits per heavy atom. The summed E-state index contributed by atoms with van der Waals surface area (Å²) < 4.78 is 13.5. The van der Waals surface area contributed by atoms with Crippen molar-refractivity contribution in [2.24, 2.45) is 0 Å². The lowest BCUT2D eigenvalue weighted by atomic mass is 9.84. The minimum Gasteiger partial charge on any atom is -0.289 e. The maximum Gasteiger partial charge on any atom is 0.420 e. The zero-order chi connectivity index (χ0) is 13.6. The molecular weight excluding hydrogens is 247 g/mol. The standard InChI is InChI=1S/C14H6FN2O2/c15-11-5-9-10(6-12(11)17-16)14(19)8-4-2-1-3-7(8)13(9)18/h1-6H/q+1.